The van der Waals surface area contributed by atoms with Gasteiger partial charge in [-0.25, -0.2) is 0 Å². The van der Waals surface area contributed by atoms with Gasteiger partial charge >= 0.3 is 29.6 Å². The summed E-state index contributed by atoms with van der Waals surface area (Å²) < 4.78 is 0.124. The molecule has 0 aliphatic rings. The molecule has 1 rings (SSSR count). The Kier molecular flexibility index (Phi) is 5.28. The van der Waals surface area contributed by atoms with E-state index < -0.39 is 22.1 Å². The van der Waals surface area contributed by atoms with E-state index >= 15 is 0 Å². The Morgan fingerprint density at radius 3 is 2.36 bits per heavy atom. The van der Waals surface area contributed by atoms with Crippen LogP contribution in [0.1, 0.15) is 10.4 Å². The third kappa shape index (κ3) is 2.78. The van der Waals surface area contributed by atoms with Gasteiger partial charge in [-0.1, -0.05) is 6.07 Å². The molecule has 0 aliphatic heterocycles. The van der Waals surface area contributed by atoms with E-state index in [2.05, 4.69) is 15.9 Å². The third-order valence-electron chi connectivity index (χ3n) is 1.39. The van der Waals surface area contributed by atoms with E-state index in [1.54, 1.807) is 0 Å². The molecule has 1 aromatic rings. The maximum atomic E-state index is 10.4. The molecule has 68 valence electrons. The number of hydrogen-bond donors (Lipinski definition) is 0. The van der Waals surface area contributed by atoms with Gasteiger partial charge in [0.05, 0.1) is 20.9 Å². The summed E-state index contributed by atoms with van der Waals surface area (Å²) in [6.07, 6.45) is 0. The predicted octanol–water partition coefficient (Wildman–Crippen LogP) is -2.28. The molecule has 0 spiro atoms. The minimum Gasteiger partial charge on any atom is -0.545 e. The molecule has 0 saturated heterocycles. The van der Waals surface area contributed by atoms with Crippen molar-refractivity contribution in [3.63, 3.8) is 0 Å². The van der Waals surface area contributed by atoms with Crippen LogP contribution in [0.4, 0.5) is 5.69 Å². The third-order valence-corrected chi connectivity index (χ3v) is 2.03. The summed E-state index contributed by atoms with van der Waals surface area (Å²) in [4.78, 5) is 20.1. The molecule has 0 amide bonds. The first-order chi connectivity index (χ1) is 6.04. The summed E-state index contributed by atoms with van der Waals surface area (Å²) in [7, 11) is 0. The molecule has 1 aromatic carbocycles. The van der Waals surface area contributed by atoms with Crippen LogP contribution in [0.5, 0.6) is 0 Å². The predicted molar refractivity (Wildman–Crippen MR) is 45.1 cm³/mol. The van der Waals surface area contributed by atoms with Crippen molar-refractivity contribution in [3.05, 3.63) is 38.3 Å². The van der Waals surface area contributed by atoms with Crippen LogP contribution in [-0.2, 0) is 0 Å². The zero-order valence-electron chi connectivity index (χ0n) is 7.19. The molecule has 0 heterocycles. The fraction of sp³-hybridized carbons (Fsp3) is 0. The number of benzene rings is 1. The first-order valence-corrected chi connectivity index (χ1v) is 3.97. The normalized spacial score (nSPS) is 8.93. The topological polar surface area (TPSA) is 83.3 Å². The summed E-state index contributed by atoms with van der Waals surface area (Å²) in [6, 6.07) is 3.91. The second-order valence-corrected chi connectivity index (χ2v) is 3.03. The van der Waals surface area contributed by atoms with Crippen molar-refractivity contribution in [2.24, 2.45) is 0 Å². The van der Waals surface area contributed by atoms with Gasteiger partial charge in [0, 0.05) is 0 Å². The van der Waals surface area contributed by atoms with Crippen LogP contribution < -0.4 is 34.7 Å². The number of carboxylic acid groups (broad SMARTS) is 1. The van der Waals surface area contributed by atoms with Crippen LogP contribution in [0.25, 0.3) is 0 Å². The molecule has 0 N–H and O–H groups in total. The molecule has 0 saturated carbocycles. The number of para-hydroxylation sites is 1. The molecule has 0 unspecified atom stereocenters. The Balaban J connectivity index is 0.00000169. The number of carbonyl (C=O) groups excluding carboxylic acids is 1. The van der Waals surface area contributed by atoms with Gasteiger partial charge in [-0.3, -0.25) is 10.1 Å². The summed E-state index contributed by atoms with van der Waals surface area (Å²) in [5.41, 5.74) is -0.915. The molecular weight excluding hydrogens is 265 g/mol. The molecule has 0 fully saturated rings. The van der Waals surface area contributed by atoms with Gasteiger partial charge in [0.1, 0.15) is 0 Å². The van der Waals surface area contributed by atoms with E-state index in [1.807, 2.05) is 0 Å². The standard InChI is InChI=1S/C7H4BrNO4.Na/c8-5-3-1-2-4(7(10)11)6(5)9(12)13;/h1-3H,(H,10,11);/q;+1/p-1. The van der Waals surface area contributed by atoms with Gasteiger partial charge in [0.15, 0.2) is 0 Å². The van der Waals surface area contributed by atoms with Crippen LogP contribution in [0.2, 0.25) is 0 Å². The van der Waals surface area contributed by atoms with E-state index in [9.17, 15) is 20.0 Å². The number of aromatic carboxylic acids is 1. The van der Waals surface area contributed by atoms with Gasteiger partial charge in [-0.15, -0.1) is 0 Å². The SMILES string of the molecule is O=C([O-])c1cccc(Br)c1[N+](=O)[O-].[Na+]. The summed E-state index contributed by atoms with van der Waals surface area (Å²) in [5, 5.41) is 20.9. The van der Waals surface area contributed by atoms with Crippen LogP contribution >= 0.6 is 15.9 Å². The van der Waals surface area contributed by atoms with Crippen molar-refractivity contribution in [1.29, 1.82) is 0 Å². The first-order valence-electron chi connectivity index (χ1n) is 3.18. The van der Waals surface area contributed by atoms with Crippen molar-refractivity contribution in [1.82, 2.24) is 0 Å². The average Bonchev–Trinajstić information content (AvgIpc) is 2.02. The summed E-state index contributed by atoms with van der Waals surface area (Å²) in [5.74, 6) is -1.56. The van der Waals surface area contributed by atoms with E-state index in [0.29, 0.717) is 0 Å². The Morgan fingerprint density at radius 1 is 1.43 bits per heavy atom. The zero-order chi connectivity index (χ0) is 10.0. The molecule has 0 aromatic heterocycles. The minimum atomic E-state index is -1.56. The Labute approximate surface area is 110 Å². The molecule has 0 aliphatic carbocycles. The van der Waals surface area contributed by atoms with Crippen molar-refractivity contribution in [3.8, 4) is 0 Å². The number of rotatable bonds is 2. The number of halogens is 1. The number of nitro groups is 1. The first kappa shape index (κ1) is 13.6. The van der Waals surface area contributed by atoms with Crippen molar-refractivity contribution >= 4 is 27.6 Å². The molecule has 7 heteroatoms. The average molecular weight is 268 g/mol. The molecular formula is C7H3BrNNaO4. The number of carbonyl (C=O) groups is 1. The van der Waals surface area contributed by atoms with Gasteiger partial charge in [-0.2, -0.15) is 0 Å². The molecule has 0 radical (unpaired) electrons. The fourth-order valence-corrected chi connectivity index (χ4v) is 1.38. The smallest absolute Gasteiger partial charge is 0.545 e. The monoisotopic (exact) mass is 267 g/mol. The maximum Gasteiger partial charge on any atom is 1.00 e. The zero-order valence-corrected chi connectivity index (χ0v) is 10.8. The Morgan fingerprint density at radius 2 is 2.00 bits per heavy atom. The Bertz CT molecular complexity index is 382. The van der Waals surface area contributed by atoms with Crippen LogP contribution in [0, 0.1) is 10.1 Å². The van der Waals surface area contributed by atoms with E-state index in [-0.39, 0.29) is 34.0 Å². The Hall–Kier alpha value is -0.430. The van der Waals surface area contributed by atoms with E-state index in [4.69, 9.17) is 0 Å². The van der Waals surface area contributed by atoms with Crippen LogP contribution in [-0.4, -0.2) is 10.9 Å². The van der Waals surface area contributed by atoms with E-state index in [1.165, 1.54) is 12.1 Å². The number of carboxylic acids is 1. The fourth-order valence-electron chi connectivity index (χ4n) is 0.866. The molecule has 0 bridgehead atoms. The van der Waals surface area contributed by atoms with Crippen molar-refractivity contribution in [2.75, 3.05) is 0 Å². The summed E-state index contributed by atoms with van der Waals surface area (Å²) >= 11 is 2.88. The number of hydrogen-bond acceptors (Lipinski definition) is 4. The summed E-state index contributed by atoms with van der Waals surface area (Å²) in [6.45, 7) is 0. The molecule has 0 atom stereocenters. The second kappa shape index (κ2) is 5.45. The molecule has 14 heavy (non-hydrogen) atoms. The number of nitrogens with zero attached hydrogens (tertiary/aromatic N) is 1. The van der Waals surface area contributed by atoms with Crippen molar-refractivity contribution < 1.29 is 44.4 Å². The van der Waals surface area contributed by atoms with Gasteiger partial charge in [0.2, 0.25) is 0 Å². The van der Waals surface area contributed by atoms with E-state index in [0.717, 1.165) is 6.07 Å². The van der Waals surface area contributed by atoms with Gasteiger partial charge in [0.25, 0.3) is 5.69 Å². The largest absolute Gasteiger partial charge is 1.00 e. The minimum absolute atomic E-state index is 0. The maximum absolute atomic E-state index is 10.4. The van der Waals surface area contributed by atoms with Crippen molar-refractivity contribution in [2.45, 2.75) is 0 Å². The van der Waals surface area contributed by atoms with Gasteiger partial charge < -0.3 is 9.90 Å². The quantitative estimate of drug-likeness (QED) is 0.344. The van der Waals surface area contributed by atoms with Crippen LogP contribution in [0.15, 0.2) is 22.7 Å². The van der Waals surface area contributed by atoms with Crippen LogP contribution in [0.3, 0.4) is 0 Å². The number of nitro benzene ring substituents is 1. The molecule has 5 nitrogen and oxygen atoms in total. The second-order valence-electron chi connectivity index (χ2n) is 2.18. The van der Waals surface area contributed by atoms with Gasteiger partial charge in [-0.05, 0) is 28.1 Å².